The van der Waals surface area contributed by atoms with Crippen molar-refractivity contribution < 1.29 is 5.11 Å². The fraction of sp³-hybridized carbons (Fsp3) is 0.500. The monoisotopic (exact) mass is 312 g/mol. The molecule has 23 heavy (non-hydrogen) atoms. The van der Waals surface area contributed by atoms with E-state index in [-0.39, 0.29) is 0 Å². The Morgan fingerprint density at radius 3 is 2.65 bits per heavy atom. The molecule has 3 heteroatoms. The van der Waals surface area contributed by atoms with Gasteiger partial charge in [0.15, 0.2) is 0 Å². The summed E-state index contributed by atoms with van der Waals surface area (Å²) in [6.07, 6.45) is 4.83. The van der Waals surface area contributed by atoms with E-state index in [1.54, 1.807) is 0 Å². The third kappa shape index (κ3) is 3.67. The number of phenols is 1. The van der Waals surface area contributed by atoms with Crippen molar-refractivity contribution in [2.75, 3.05) is 26.2 Å². The van der Waals surface area contributed by atoms with Gasteiger partial charge in [-0.15, -0.1) is 0 Å². The molecular weight excluding hydrogens is 284 g/mol. The van der Waals surface area contributed by atoms with Gasteiger partial charge in [-0.25, -0.2) is 0 Å². The van der Waals surface area contributed by atoms with E-state index in [2.05, 4.69) is 41.4 Å². The fourth-order valence-electron chi connectivity index (χ4n) is 3.73. The molecule has 0 amide bonds. The molecule has 0 saturated carbocycles. The zero-order valence-electron chi connectivity index (χ0n) is 14.1. The minimum atomic E-state index is 0.315. The van der Waals surface area contributed by atoms with E-state index in [0.29, 0.717) is 11.8 Å². The molecular formula is C20H28N2O. The van der Waals surface area contributed by atoms with Gasteiger partial charge in [0.05, 0.1) is 0 Å². The standard InChI is InChI=1S/C20H28N2O/c1-2-3-4-9-18(22-14-12-21-13-15-22)20-17-8-6-5-7-16(17)10-11-19(20)23/h5-8,10-11,18,21,23H,2-4,9,12-15H2,1H3/t18-/m1/s1. The van der Waals surface area contributed by atoms with Gasteiger partial charge < -0.3 is 10.4 Å². The molecule has 1 aliphatic heterocycles. The van der Waals surface area contributed by atoms with E-state index in [9.17, 15) is 5.11 Å². The van der Waals surface area contributed by atoms with Crippen LogP contribution in [0.5, 0.6) is 5.75 Å². The number of hydrogen-bond acceptors (Lipinski definition) is 3. The van der Waals surface area contributed by atoms with E-state index < -0.39 is 0 Å². The maximum absolute atomic E-state index is 10.6. The summed E-state index contributed by atoms with van der Waals surface area (Å²) >= 11 is 0. The second-order valence-electron chi connectivity index (χ2n) is 6.52. The first-order valence-corrected chi connectivity index (χ1v) is 8.96. The molecule has 0 aromatic heterocycles. The second-order valence-corrected chi connectivity index (χ2v) is 6.52. The molecule has 3 rings (SSSR count). The molecule has 1 saturated heterocycles. The van der Waals surface area contributed by atoms with Crippen molar-refractivity contribution in [3.63, 3.8) is 0 Å². The molecule has 0 spiro atoms. The van der Waals surface area contributed by atoms with E-state index in [0.717, 1.165) is 38.2 Å². The van der Waals surface area contributed by atoms with Crippen LogP contribution >= 0.6 is 0 Å². The molecule has 1 fully saturated rings. The quantitative estimate of drug-likeness (QED) is 0.789. The fourth-order valence-corrected chi connectivity index (χ4v) is 3.73. The number of nitrogens with zero attached hydrogens (tertiary/aromatic N) is 1. The number of benzene rings is 2. The molecule has 1 aliphatic rings. The van der Waals surface area contributed by atoms with Crippen LogP contribution < -0.4 is 5.32 Å². The lowest BCUT2D eigenvalue weighted by Gasteiger charge is -2.36. The Bertz CT molecular complexity index is 635. The van der Waals surface area contributed by atoms with Crippen LogP contribution in [0.15, 0.2) is 36.4 Å². The van der Waals surface area contributed by atoms with Crippen LogP contribution in [-0.2, 0) is 0 Å². The van der Waals surface area contributed by atoms with Gasteiger partial charge in [0, 0.05) is 37.8 Å². The largest absolute Gasteiger partial charge is 0.508 e. The van der Waals surface area contributed by atoms with Gasteiger partial charge in [-0.1, -0.05) is 56.5 Å². The summed E-state index contributed by atoms with van der Waals surface area (Å²) in [5.74, 6) is 0.448. The molecule has 0 unspecified atom stereocenters. The van der Waals surface area contributed by atoms with Crippen molar-refractivity contribution in [1.29, 1.82) is 0 Å². The first-order valence-electron chi connectivity index (χ1n) is 8.96. The van der Waals surface area contributed by atoms with Gasteiger partial charge in [-0.2, -0.15) is 0 Å². The molecule has 2 aromatic carbocycles. The maximum Gasteiger partial charge on any atom is 0.121 e. The van der Waals surface area contributed by atoms with Crippen LogP contribution in [0, 0.1) is 0 Å². The van der Waals surface area contributed by atoms with Gasteiger partial charge >= 0.3 is 0 Å². The van der Waals surface area contributed by atoms with Crippen LogP contribution in [0.3, 0.4) is 0 Å². The summed E-state index contributed by atoms with van der Waals surface area (Å²) in [7, 11) is 0. The Hall–Kier alpha value is -1.58. The molecule has 1 heterocycles. The Kier molecular flexibility index (Phi) is 5.52. The highest BCUT2D eigenvalue weighted by Gasteiger charge is 2.25. The van der Waals surface area contributed by atoms with Crippen LogP contribution in [0.1, 0.15) is 44.2 Å². The number of aromatic hydroxyl groups is 1. The SMILES string of the molecule is CCCCC[C@H](c1c(O)ccc2ccccc12)N1CCNCC1. The average molecular weight is 312 g/mol. The van der Waals surface area contributed by atoms with Crippen molar-refractivity contribution in [3.8, 4) is 5.75 Å². The van der Waals surface area contributed by atoms with Crippen molar-refractivity contribution in [1.82, 2.24) is 10.2 Å². The highest BCUT2D eigenvalue weighted by atomic mass is 16.3. The van der Waals surface area contributed by atoms with Gasteiger partial charge in [-0.05, 0) is 23.3 Å². The lowest BCUT2D eigenvalue weighted by Crippen LogP contribution is -2.45. The molecule has 2 aromatic rings. The Balaban J connectivity index is 1.99. The van der Waals surface area contributed by atoms with E-state index in [1.807, 2.05) is 12.1 Å². The molecule has 1 atom stereocenters. The van der Waals surface area contributed by atoms with Gasteiger partial charge in [0.1, 0.15) is 5.75 Å². The van der Waals surface area contributed by atoms with E-state index >= 15 is 0 Å². The number of phenolic OH excluding ortho intramolecular Hbond substituents is 1. The zero-order chi connectivity index (χ0) is 16.1. The topological polar surface area (TPSA) is 35.5 Å². The predicted octanol–water partition coefficient (Wildman–Crippen LogP) is 4.07. The summed E-state index contributed by atoms with van der Waals surface area (Å²) in [5.41, 5.74) is 1.13. The van der Waals surface area contributed by atoms with E-state index in [4.69, 9.17) is 0 Å². The summed E-state index contributed by atoms with van der Waals surface area (Å²) in [6, 6.07) is 12.6. The van der Waals surface area contributed by atoms with Crippen molar-refractivity contribution in [3.05, 3.63) is 42.0 Å². The number of fused-ring (bicyclic) bond motifs is 1. The molecule has 0 bridgehead atoms. The van der Waals surface area contributed by atoms with Crippen LogP contribution in [0.25, 0.3) is 10.8 Å². The molecule has 3 nitrogen and oxygen atoms in total. The number of unbranched alkanes of at least 4 members (excludes halogenated alkanes) is 2. The van der Waals surface area contributed by atoms with Crippen LogP contribution in [-0.4, -0.2) is 36.2 Å². The molecule has 124 valence electrons. The molecule has 2 N–H and O–H groups in total. The minimum Gasteiger partial charge on any atom is -0.508 e. The zero-order valence-corrected chi connectivity index (χ0v) is 14.1. The highest BCUT2D eigenvalue weighted by Crippen LogP contribution is 2.38. The summed E-state index contributed by atoms with van der Waals surface area (Å²) in [6.45, 7) is 6.43. The average Bonchev–Trinajstić information content (AvgIpc) is 2.60. The number of piperazine rings is 1. The maximum atomic E-state index is 10.6. The first kappa shape index (κ1) is 16.3. The summed E-state index contributed by atoms with van der Waals surface area (Å²) in [4.78, 5) is 2.55. The summed E-state index contributed by atoms with van der Waals surface area (Å²) < 4.78 is 0. The third-order valence-electron chi connectivity index (χ3n) is 4.95. The Morgan fingerprint density at radius 1 is 1.09 bits per heavy atom. The lowest BCUT2D eigenvalue weighted by molar-refractivity contribution is 0.161. The normalized spacial score (nSPS) is 17.4. The van der Waals surface area contributed by atoms with Gasteiger partial charge in [0.2, 0.25) is 0 Å². The number of rotatable bonds is 6. The Morgan fingerprint density at radius 2 is 1.87 bits per heavy atom. The lowest BCUT2D eigenvalue weighted by atomic mass is 9.92. The molecule has 0 radical (unpaired) electrons. The minimum absolute atomic E-state index is 0.315. The smallest absolute Gasteiger partial charge is 0.121 e. The number of hydrogen-bond donors (Lipinski definition) is 2. The predicted molar refractivity (Wildman–Crippen MR) is 96.9 cm³/mol. The van der Waals surface area contributed by atoms with Gasteiger partial charge in [0.25, 0.3) is 0 Å². The van der Waals surface area contributed by atoms with Crippen molar-refractivity contribution >= 4 is 10.8 Å². The molecule has 0 aliphatic carbocycles. The second kappa shape index (κ2) is 7.80. The van der Waals surface area contributed by atoms with Crippen LogP contribution in [0.4, 0.5) is 0 Å². The van der Waals surface area contributed by atoms with Crippen molar-refractivity contribution in [2.24, 2.45) is 0 Å². The van der Waals surface area contributed by atoms with Gasteiger partial charge in [-0.3, -0.25) is 4.90 Å². The summed E-state index contributed by atoms with van der Waals surface area (Å²) in [5, 5.41) is 16.5. The third-order valence-corrected chi connectivity index (χ3v) is 4.95. The number of nitrogens with one attached hydrogen (secondary N) is 1. The van der Waals surface area contributed by atoms with E-state index in [1.165, 1.54) is 30.0 Å². The highest BCUT2D eigenvalue weighted by molar-refractivity contribution is 5.88. The first-order chi connectivity index (χ1) is 11.3. The van der Waals surface area contributed by atoms with Crippen molar-refractivity contribution in [2.45, 2.75) is 38.6 Å². The van der Waals surface area contributed by atoms with Crippen LogP contribution in [0.2, 0.25) is 0 Å². The Labute approximate surface area is 139 Å².